The standard InChI is InChI=1S/C15H22N4O/c1-15(2,3)11-14(20)16-9-6-8-13-18-17-12-7-4-5-10-19(12)13/h4-5,7,10H,6,8-9,11H2,1-3H3,(H,16,20). The zero-order valence-corrected chi connectivity index (χ0v) is 12.4. The second kappa shape index (κ2) is 6.03. The molecule has 2 aromatic heterocycles. The van der Waals surface area contributed by atoms with E-state index < -0.39 is 0 Å². The summed E-state index contributed by atoms with van der Waals surface area (Å²) in [6.45, 7) is 6.87. The van der Waals surface area contributed by atoms with Crippen LogP contribution in [0.25, 0.3) is 5.65 Å². The summed E-state index contributed by atoms with van der Waals surface area (Å²) in [7, 11) is 0. The molecule has 20 heavy (non-hydrogen) atoms. The molecule has 0 atom stereocenters. The van der Waals surface area contributed by atoms with Crippen molar-refractivity contribution >= 4 is 11.6 Å². The van der Waals surface area contributed by atoms with Crippen LogP contribution in [0.4, 0.5) is 0 Å². The van der Waals surface area contributed by atoms with Crippen molar-refractivity contribution in [3.63, 3.8) is 0 Å². The van der Waals surface area contributed by atoms with Crippen LogP contribution in [0.1, 0.15) is 39.4 Å². The van der Waals surface area contributed by atoms with Crippen molar-refractivity contribution in [2.45, 2.75) is 40.0 Å². The highest BCUT2D eigenvalue weighted by molar-refractivity contribution is 5.76. The van der Waals surface area contributed by atoms with E-state index in [0.717, 1.165) is 24.3 Å². The molecule has 0 aliphatic rings. The van der Waals surface area contributed by atoms with Gasteiger partial charge in [-0.3, -0.25) is 9.20 Å². The number of amides is 1. The Hall–Kier alpha value is -1.91. The van der Waals surface area contributed by atoms with Crippen molar-refractivity contribution in [1.29, 1.82) is 0 Å². The summed E-state index contributed by atoms with van der Waals surface area (Å²) in [4.78, 5) is 11.7. The number of nitrogens with one attached hydrogen (secondary N) is 1. The van der Waals surface area contributed by atoms with Crippen LogP contribution >= 0.6 is 0 Å². The Labute approximate surface area is 119 Å². The van der Waals surface area contributed by atoms with Crippen molar-refractivity contribution in [2.24, 2.45) is 5.41 Å². The zero-order valence-electron chi connectivity index (χ0n) is 12.4. The lowest BCUT2D eigenvalue weighted by Gasteiger charge is -2.17. The molecule has 0 aromatic carbocycles. The number of hydrogen-bond acceptors (Lipinski definition) is 3. The van der Waals surface area contributed by atoms with Crippen LogP contribution in [-0.2, 0) is 11.2 Å². The number of nitrogens with zero attached hydrogens (tertiary/aromatic N) is 3. The van der Waals surface area contributed by atoms with E-state index in [1.54, 1.807) is 0 Å². The fourth-order valence-electron chi connectivity index (χ4n) is 2.08. The molecular formula is C15H22N4O. The van der Waals surface area contributed by atoms with Gasteiger partial charge >= 0.3 is 0 Å². The number of aromatic nitrogens is 3. The summed E-state index contributed by atoms with van der Waals surface area (Å²) in [6, 6.07) is 5.84. The minimum Gasteiger partial charge on any atom is -0.356 e. The van der Waals surface area contributed by atoms with Gasteiger partial charge in [0, 0.05) is 25.6 Å². The predicted octanol–water partition coefficient (Wildman–Crippen LogP) is 2.21. The van der Waals surface area contributed by atoms with Gasteiger partial charge in [0.15, 0.2) is 5.65 Å². The van der Waals surface area contributed by atoms with E-state index in [1.807, 2.05) is 28.8 Å². The Morgan fingerprint density at radius 1 is 1.30 bits per heavy atom. The SMILES string of the molecule is CC(C)(C)CC(=O)NCCCc1nnc2ccccn12. The van der Waals surface area contributed by atoms with E-state index in [0.29, 0.717) is 13.0 Å². The Balaban J connectivity index is 1.78. The third-order valence-electron chi connectivity index (χ3n) is 2.97. The largest absolute Gasteiger partial charge is 0.356 e. The van der Waals surface area contributed by atoms with Crippen molar-refractivity contribution in [2.75, 3.05) is 6.54 Å². The van der Waals surface area contributed by atoms with Crippen molar-refractivity contribution in [1.82, 2.24) is 19.9 Å². The molecule has 2 aromatic rings. The Morgan fingerprint density at radius 2 is 2.10 bits per heavy atom. The summed E-state index contributed by atoms with van der Waals surface area (Å²) in [5.74, 6) is 1.05. The molecule has 0 radical (unpaired) electrons. The molecule has 0 unspecified atom stereocenters. The first-order valence-electron chi connectivity index (χ1n) is 7.01. The molecular weight excluding hydrogens is 252 g/mol. The van der Waals surface area contributed by atoms with Gasteiger partial charge in [0.2, 0.25) is 5.91 Å². The second-order valence-corrected chi connectivity index (χ2v) is 6.24. The molecule has 0 aliphatic heterocycles. The number of rotatable bonds is 5. The molecule has 0 bridgehead atoms. The van der Waals surface area contributed by atoms with E-state index in [-0.39, 0.29) is 11.3 Å². The Kier molecular flexibility index (Phi) is 4.37. The minimum atomic E-state index is 0.0350. The summed E-state index contributed by atoms with van der Waals surface area (Å²) < 4.78 is 1.98. The normalized spacial score (nSPS) is 11.8. The molecule has 5 nitrogen and oxygen atoms in total. The maximum Gasteiger partial charge on any atom is 0.220 e. The van der Waals surface area contributed by atoms with E-state index in [9.17, 15) is 4.79 Å². The summed E-state index contributed by atoms with van der Waals surface area (Å²) in [5.41, 5.74) is 0.895. The minimum absolute atomic E-state index is 0.0350. The lowest BCUT2D eigenvalue weighted by atomic mass is 9.92. The molecule has 5 heteroatoms. The van der Waals surface area contributed by atoms with Crippen LogP contribution in [-0.4, -0.2) is 27.0 Å². The lowest BCUT2D eigenvalue weighted by molar-refractivity contribution is -0.122. The van der Waals surface area contributed by atoms with E-state index in [2.05, 4.69) is 36.3 Å². The molecule has 1 amide bonds. The monoisotopic (exact) mass is 274 g/mol. The van der Waals surface area contributed by atoms with Gasteiger partial charge in [-0.25, -0.2) is 0 Å². The highest BCUT2D eigenvalue weighted by Crippen LogP contribution is 2.17. The second-order valence-electron chi connectivity index (χ2n) is 6.24. The van der Waals surface area contributed by atoms with Crippen LogP contribution in [0.5, 0.6) is 0 Å². The van der Waals surface area contributed by atoms with Gasteiger partial charge < -0.3 is 5.32 Å². The highest BCUT2D eigenvalue weighted by atomic mass is 16.1. The van der Waals surface area contributed by atoms with Crippen molar-refractivity contribution < 1.29 is 4.79 Å². The smallest absolute Gasteiger partial charge is 0.220 e. The van der Waals surface area contributed by atoms with Gasteiger partial charge in [0.1, 0.15) is 5.82 Å². The Morgan fingerprint density at radius 3 is 2.85 bits per heavy atom. The molecule has 2 heterocycles. The number of carbonyl (C=O) groups is 1. The quantitative estimate of drug-likeness (QED) is 0.850. The molecule has 0 saturated heterocycles. The number of aryl methyl sites for hydroxylation is 1. The third kappa shape index (κ3) is 4.05. The molecule has 0 fully saturated rings. The maximum atomic E-state index is 11.7. The highest BCUT2D eigenvalue weighted by Gasteiger charge is 2.15. The predicted molar refractivity (Wildman–Crippen MR) is 78.4 cm³/mol. The van der Waals surface area contributed by atoms with Gasteiger partial charge in [-0.05, 0) is 24.0 Å². The van der Waals surface area contributed by atoms with Crippen LogP contribution in [0.2, 0.25) is 0 Å². The lowest BCUT2D eigenvalue weighted by Crippen LogP contribution is -2.28. The molecule has 108 valence electrons. The van der Waals surface area contributed by atoms with Crippen LogP contribution < -0.4 is 5.32 Å². The summed E-state index contributed by atoms with van der Waals surface area (Å²) >= 11 is 0. The number of pyridine rings is 1. The fourth-order valence-corrected chi connectivity index (χ4v) is 2.08. The zero-order chi connectivity index (χ0) is 14.6. The molecule has 0 spiro atoms. The maximum absolute atomic E-state index is 11.7. The number of fused-ring (bicyclic) bond motifs is 1. The van der Waals surface area contributed by atoms with Gasteiger partial charge in [-0.2, -0.15) is 0 Å². The average molecular weight is 274 g/mol. The van der Waals surface area contributed by atoms with E-state index in [1.165, 1.54) is 0 Å². The third-order valence-corrected chi connectivity index (χ3v) is 2.97. The molecule has 2 rings (SSSR count). The first-order chi connectivity index (χ1) is 9.46. The Bertz CT molecular complexity index is 583. The van der Waals surface area contributed by atoms with Crippen LogP contribution in [0.3, 0.4) is 0 Å². The van der Waals surface area contributed by atoms with Crippen LogP contribution in [0, 0.1) is 5.41 Å². The summed E-state index contributed by atoms with van der Waals surface area (Å²) in [5, 5.41) is 11.2. The van der Waals surface area contributed by atoms with Gasteiger partial charge in [-0.15, -0.1) is 10.2 Å². The van der Waals surface area contributed by atoms with E-state index >= 15 is 0 Å². The topological polar surface area (TPSA) is 59.3 Å². The number of carbonyl (C=O) groups excluding carboxylic acids is 1. The number of hydrogen-bond donors (Lipinski definition) is 1. The van der Waals surface area contributed by atoms with E-state index in [4.69, 9.17) is 0 Å². The summed E-state index contributed by atoms with van der Waals surface area (Å²) in [6.07, 6.45) is 4.19. The molecule has 0 saturated carbocycles. The van der Waals surface area contributed by atoms with Crippen molar-refractivity contribution in [3.8, 4) is 0 Å². The van der Waals surface area contributed by atoms with Gasteiger partial charge in [-0.1, -0.05) is 26.8 Å². The van der Waals surface area contributed by atoms with Gasteiger partial charge in [0.25, 0.3) is 0 Å². The molecule has 1 N–H and O–H groups in total. The molecule has 0 aliphatic carbocycles. The average Bonchev–Trinajstić information content (AvgIpc) is 2.76. The van der Waals surface area contributed by atoms with Gasteiger partial charge in [0.05, 0.1) is 0 Å². The first kappa shape index (κ1) is 14.5. The first-order valence-corrected chi connectivity index (χ1v) is 7.01. The van der Waals surface area contributed by atoms with Crippen LogP contribution in [0.15, 0.2) is 24.4 Å². The fraction of sp³-hybridized carbons (Fsp3) is 0.533. The van der Waals surface area contributed by atoms with Crippen molar-refractivity contribution in [3.05, 3.63) is 30.2 Å².